The molecule has 1 N–H and O–H groups in total. The maximum atomic E-state index is 12.6. The Morgan fingerprint density at radius 2 is 2.06 bits per heavy atom. The fourth-order valence-corrected chi connectivity index (χ4v) is 3.19. The molecule has 0 bridgehead atoms. The lowest BCUT2D eigenvalue weighted by Crippen LogP contribution is -2.44. The Morgan fingerprint density at radius 3 is 2.59 bits per heavy atom. The van der Waals surface area contributed by atoms with Crippen molar-refractivity contribution < 1.29 is 4.79 Å². The minimum atomic E-state index is -0.183. The fraction of sp³-hybridized carbons (Fsp3) is 0.929. The third-order valence-electron chi connectivity index (χ3n) is 4.28. The molecular formula is C14H26N2O. The fourth-order valence-electron chi connectivity index (χ4n) is 3.19. The molecule has 3 heteroatoms. The number of hydrogen-bond donors (Lipinski definition) is 1. The van der Waals surface area contributed by atoms with Crippen LogP contribution in [0.5, 0.6) is 0 Å². The van der Waals surface area contributed by atoms with Crippen LogP contribution in [0.4, 0.5) is 0 Å². The van der Waals surface area contributed by atoms with Gasteiger partial charge in [0.2, 0.25) is 5.91 Å². The summed E-state index contributed by atoms with van der Waals surface area (Å²) in [6, 6.07) is 0. The predicted octanol–water partition coefficient (Wildman–Crippen LogP) is 2.51. The molecule has 2 fully saturated rings. The van der Waals surface area contributed by atoms with E-state index in [-0.39, 0.29) is 11.7 Å². The quantitative estimate of drug-likeness (QED) is 0.816. The molecule has 0 aromatic rings. The Balaban J connectivity index is 2.06. The van der Waals surface area contributed by atoms with Crippen LogP contribution in [0.1, 0.15) is 59.3 Å². The first-order valence-electron chi connectivity index (χ1n) is 7.18. The minimum absolute atomic E-state index is 0.183. The number of rotatable bonds is 4. The lowest BCUT2D eigenvalue weighted by atomic mass is 9.98. The van der Waals surface area contributed by atoms with E-state index in [0.29, 0.717) is 11.8 Å². The summed E-state index contributed by atoms with van der Waals surface area (Å²) in [7, 11) is 0. The Kier molecular flexibility index (Phi) is 3.76. The lowest BCUT2D eigenvalue weighted by molar-refractivity contribution is -0.133. The molecule has 1 aliphatic heterocycles. The Labute approximate surface area is 105 Å². The van der Waals surface area contributed by atoms with E-state index in [1.807, 2.05) is 0 Å². The molecule has 1 amide bonds. The maximum Gasteiger partial charge on any atom is 0.244 e. The van der Waals surface area contributed by atoms with Crippen molar-refractivity contribution in [2.24, 2.45) is 5.92 Å². The van der Waals surface area contributed by atoms with Gasteiger partial charge in [-0.15, -0.1) is 0 Å². The molecule has 1 saturated heterocycles. The summed E-state index contributed by atoms with van der Waals surface area (Å²) in [5.41, 5.74) is -0.183. The summed E-state index contributed by atoms with van der Waals surface area (Å²) < 4.78 is 0. The molecule has 0 aromatic heterocycles. The number of hydrogen-bond acceptors (Lipinski definition) is 2. The van der Waals surface area contributed by atoms with E-state index in [4.69, 9.17) is 0 Å². The van der Waals surface area contributed by atoms with Gasteiger partial charge in [-0.05, 0) is 31.6 Å². The molecule has 2 aliphatic rings. The molecule has 0 radical (unpaired) electrons. The van der Waals surface area contributed by atoms with Gasteiger partial charge in [-0.1, -0.05) is 33.6 Å². The largest absolute Gasteiger partial charge is 0.326 e. The summed E-state index contributed by atoms with van der Waals surface area (Å²) in [5, 5.41) is 3.62. The summed E-state index contributed by atoms with van der Waals surface area (Å²) in [5.74, 6) is 1.04. The van der Waals surface area contributed by atoms with Gasteiger partial charge in [0.15, 0.2) is 0 Å². The van der Waals surface area contributed by atoms with Gasteiger partial charge >= 0.3 is 0 Å². The van der Waals surface area contributed by atoms with Gasteiger partial charge in [0.25, 0.3) is 0 Å². The molecule has 1 saturated carbocycles. The SMILES string of the molecule is CCC1NC2(CCCC2)C(=O)N1CCC(C)C. The monoisotopic (exact) mass is 238 g/mol. The molecule has 1 atom stereocenters. The van der Waals surface area contributed by atoms with E-state index < -0.39 is 0 Å². The molecule has 2 rings (SSSR count). The highest BCUT2D eigenvalue weighted by molar-refractivity contribution is 5.89. The second kappa shape index (κ2) is 4.97. The van der Waals surface area contributed by atoms with Crippen molar-refractivity contribution >= 4 is 5.91 Å². The van der Waals surface area contributed by atoms with E-state index in [1.165, 1.54) is 12.8 Å². The molecule has 17 heavy (non-hydrogen) atoms. The van der Waals surface area contributed by atoms with Crippen molar-refractivity contribution in [1.29, 1.82) is 0 Å². The van der Waals surface area contributed by atoms with E-state index in [2.05, 4.69) is 31.0 Å². The normalized spacial score (nSPS) is 27.6. The van der Waals surface area contributed by atoms with Gasteiger partial charge in [0, 0.05) is 6.54 Å². The number of carbonyl (C=O) groups is 1. The van der Waals surface area contributed by atoms with Crippen LogP contribution >= 0.6 is 0 Å². The number of carbonyl (C=O) groups excluding carboxylic acids is 1. The highest BCUT2D eigenvalue weighted by Crippen LogP contribution is 2.37. The van der Waals surface area contributed by atoms with Crippen LogP contribution in [0, 0.1) is 5.92 Å². The Bertz CT molecular complexity index is 282. The molecule has 0 aromatic carbocycles. The van der Waals surface area contributed by atoms with Crippen molar-refractivity contribution in [3.8, 4) is 0 Å². The molecule has 1 aliphatic carbocycles. The Morgan fingerprint density at radius 1 is 1.41 bits per heavy atom. The zero-order valence-corrected chi connectivity index (χ0v) is 11.5. The van der Waals surface area contributed by atoms with Crippen LogP contribution in [-0.2, 0) is 4.79 Å². The van der Waals surface area contributed by atoms with Gasteiger partial charge < -0.3 is 4.90 Å². The van der Waals surface area contributed by atoms with Crippen molar-refractivity contribution in [3.05, 3.63) is 0 Å². The van der Waals surface area contributed by atoms with Crippen LogP contribution in [0.2, 0.25) is 0 Å². The zero-order chi connectivity index (χ0) is 12.5. The minimum Gasteiger partial charge on any atom is -0.326 e. The smallest absolute Gasteiger partial charge is 0.244 e. The molecular weight excluding hydrogens is 212 g/mol. The zero-order valence-electron chi connectivity index (χ0n) is 11.5. The van der Waals surface area contributed by atoms with Gasteiger partial charge in [-0.25, -0.2) is 0 Å². The van der Waals surface area contributed by atoms with Crippen molar-refractivity contribution in [2.75, 3.05) is 6.54 Å². The van der Waals surface area contributed by atoms with Crippen molar-refractivity contribution in [3.63, 3.8) is 0 Å². The predicted molar refractivity (Wildman–Crippen MR) is 69.6 cm³/mol. The maximum absolute atomic E-state index is 12.6. The van der Waals surface area contributed by atoms with Crippen LogP contribution in [0.15, 0.2) is 0 Å². The molecule has 3 nitrogen and oxygen atoms in total. The standard InChI is InChI=1S/C14H26N2O/c1-4-12-15-14(8-5-6-9-14)13(17)16(12)10-7-11(2)3/h11-12,15H,4-10H2,1-3H3. The average molecular weight is 238 g/mol. The van der Waals surface area contributed by atoms with Crippen LogP contribution < -0.4 is 5.32 Å². The van der Waals surface area contributed by atoms with Gasteiger partial charge in [0.05, 0.1) is 11.7 Å². The van der Waals surface area contributed by atoms with Crippen LogP contribution in [0.3, 0.4) is 0 Å². The Hall–Kier alpha value is -0.570. The average Bonchev–Trinajstić information content (AvgIpc) is 2.85. The second-order valence-corrected chi connectivity index (χ2v) is 6.04. The van der Waals surface area contributed by atoms with E-state index in [1.54, 1.807) is 0 Å². The molecule has 98 valence electrons. The second-order valence-electron chi connectivity index (χ2n) is 6.04. The first-order valence-corrected chi connectivity index (χ1v) is 7.18. The third-order valence-corrected chi connectivity index (χ3v) is 4.28. The highest BCUT2D eigenvalue weighted by atomic mass is 16.2. The summed E-state index contributed by atoms with van der Waals surface area (Å²) in [6.45, 7) is 7.53. The summed E-state index contributed by atoms with van der Waals surface area (Å²) >= 11 is 0. The lowest BCUT2D eigenvalue weighted by Gasteiger charge is -2.24. The highest BCUT2D eigenvalue weighted by Gasteiger charge is 2.51. The first kappa shape index (κ1) is 12.9. The number of nitrogens with zero attached hydrogens (tertiary/aromatic N) is 1. The molecule has 1 heterocycles. The summed E-state index contributed by atoms with van der Waals surface area (Å²) in [6.07, 6.45) is 6.90. The molecule has 1 spiro atoms. The van der Waals surface area contributed by atoms with Gasteiger partial charge in [0.1, 0.15) is 0 Å². The van der Waals surface area contributed by atoms with Crippen molar-refractivity contribution in [2.45, 2.75) is 71.0 Å². The third kappa shape index (κ3) is 2.35. The van der Waals surface area contributed by atoms with Gasteiger partial charge in [-0.3, -0.25) is 10.1 Å². The number of nitrogens with one attached hydrogen (secondary N) is 1. The first-order chi connectivity index (χ1) is 8.09. The van der Waals surface area contributed by atoms with Gasteiger partial charge in [-0.2, -0.15) is 0 Å². The van der Waals surface area contributed by atoms with Crippen LogP contribution in [-0.4, -0.2) is 29.1 Å². The van der Waals surface area contributed by atoms with E-state index in [9.17, 15) is 4.79 Å². The van der Waals surface area contributed by atoms with Crippen LogP contribution in [0.25, 0.3) is 0 Å². The van der Waals surface area contributed by atoms with Crippen molar-refractivity contribution in [1.82, 2.24) is 10.2 Å². The molecule has 1 unspecified atom stereocenters. The van der Waals surface area contributed by atoms with E-state index >= 15 is 0 Å². The van der Waals surface area contributed by atoms with E-state index in [0.717, 1.165) is 32.2 Å². The number of amides is 1. The topological polar surface area (TPSA) is 32.3 Å². The summed E-state index contributed by atoms with van der Waals surface area (Å²) in [4.78, 5) is 14.7.